The third-order valence-corrected chi connectivity index (χ3v) is 6.09. The van der Waals surface area contributed by atoms with E-state index >= 15 is 0 Å². The zero-order valence-electron chi connectivity index (χ0n) is 15.6. The Hall–Kier alpha value is -1.57. The SMILES string of the molecule is CCNC(=O)CN1CCN(C(C)C(=O)N2CCSc3ccccc32)CC1. The number of nitrogens with one attached hydrogen (secondary N) is 1. The first-order chi connectivity index (χ1) is 12.6. The second-order valence-electron chi connectivity index (χ2n) is 6.75. The van der Waals surface area contributed by atoms with E-state index in [4.69, 9.17) is 0 Å². The minimum absolute atomic E-state index is 0.0764. The summed E-state index contributed by atoms with van der Waals surface area (Å²) in [6, 6.07) is 8.01. The summed E-state index contributed by atoms with van der Waals surface area (Å²) in [4.78, 5) is 32.4. The summed E-state index contributed by atoms with van der Waals surface area (Å²) < 4.78 is 0. The Bertz CT molecular complexity index is 646. The van der Waals surface area contributed by atoms with Crippen LogP contribution in [0.1, 0.15) is 13.8 Å². The number of carbonyl (C=O) groups excluding carboxylic acids is 2. The van der Waals surface area contributed by atoms with Gasteiger partial charge < -0.3 is 10.2 Å². The Labute approximate surface area is 159 Å². The summed E-state index contributed by atoms with van der Waals surface area (Å²) >= 11 is 1.82. The Morgan fingerprint density at radius 2 is 1.88 bits per heavy atom. The normalized spacial score (nSPS) is 19.7. The summed E-state index contributed by atoms with van der Waals surface area (Å²) in [5.74, 6) is 1.19. The van der Waals surface area contributed by atoms with Crippen LogP contribution in [0.15, 0.2) is 29.2 Å². The van der Waals surface area contributed by atoms with E-state index in [9.17, 15) is 9.59 Å². The average molecular weight is 377 g/mol. The van der Waals surface area contributed by atoms with Gasteiger partial charge in [0.05, 0.1) is 18.3 Å². The predicted molar refractivity (Wildman–Crippen MR) is 106 cm³/mol. The third-order valence-electron chi connectivity index (χ3n) is 5.05. The largest absolute Gasteiger partial charge is 0.355 e. The first-order valence-corrected chi connectivity index (χ1v) is 10.3. The molecule has 2 heterocycles. The first kappa shape index (κ1) is 19.2. The number of para-hydroxylation sites is 1. The Balaban J connectivity index is 1.56. The fourth-order valence-electron chi connectivity index (χ4n) is 3.55. The minimum atomic E-state index is -0.141. The molecule has 3 rings (SSSR count). The van der Waals surface area contributed by atoms with Crippen molar-refractivity contribution in [2.75, 3.05) is 56.5 Å². The number of likely N-dealkylation sites (N-methyl/N-ethyl adjacent to an activating group) is 1. The van der Waals surface area contributed by atoms with Crippen LogP contribution in [0.25, 0.3) is 0 Å². The molecular weight excluding hydrogens is 348 g/mol. The molecule has 1 unspecified atom stereocenters. The van der Waals surface area contributed by atoms with Crippen LogP contribution >= 0.6 is 11.8 Å². The Kier molecular flexibility index (Phi) is 6.56. The molecule has 26 heavy (non-hydrogen) atoms. The van der Waals surface area contributed by atoms with Crippen molar-refractivity contribution in [3.05, 3.63) is 24.3 Å². The van der Waals surface area contributed by atoms with E-state index in [1.807, 2.05) is 48.7 Å². The highest BCUT2D eigenvalue weighted by Gasteiger charge is 2.31. The average Bonchev–Trinajstić information content (AvgIpc) is 2.67. The van der Waals surface area contributed by atoms with E-state index in [1.165, 1.54) is 4.90 Å². The molecule has 2 amide bonds. The lowest BCUT2D eigenvalue weighted by molar-refractivity contribution is -0.126. The molecule has 1 fully saturated rings. The molecule has 0 aromatic heterocycles. The van der Waals surface area contributed by atoms with Crippen LogP contribution < -0.4 is 10.2 Å². The molecule has 1 aromatic carbocycles. The highest BCUT2D eigenvalue weighted by atomic mass is 32.2. The van der Waals surface area contributed by atoms with Crippen molar-refractivity contribution in [3.63, 3.8) is 0 Å². The van der Waals surface area contributed by atoms with E-state index in [0.717, 1.165) is 44.2 Å². The van der Waals surface area contributed by atoms with Crippen molar-refractivity contribution in [1.29, 1.82) is 0 Å². The van der Waals surface area contributed by atoms with E-state index in [1.54, 1.807) is 0 Å². The van der Waals surface area contributed by atoms with E-state index in [-0.39, 0.29) is 17.9 Å². The summed E-state index contributed by atoms with van der Waals surface area (Å²) in [5.41, 5.74) is 1.04. The summed E-state index contributed by atoms with van der Waals surface area (Å²) in [6.45, 7) is 9.09. The molecular formula is C19H28N4O2S. The monoisotopic (exact) mass is 376 g/mol. The number of nitrogens with zero attached hydrogens (tertiary/aromatic N) is 3. The number of piperazine rings is 1. The third kappa shape index (κ3) is 4.39. The fraction of sp³-hybridized carbons (Fsp3) is 0.579. The van der Waals surface area contributed by atoms with Crippen molar-refractivity contribution in [2.45, 2.75) is 24.8 Å². The van der Waals surface area contributed by atoms with Crippen LogP contribution in [0.4, 0.5) is 5.69 Å². The van der Waals surface area contributed by atoms with Gasteiger partial charge in [-0.1, -0.05) is 12.1 Å². The van der Waals surface area contributed by atoms with Crippen molar-refractivity contribution in [1.82, 2.24) is 15.1 Å². The maximum absolute atomic E-state index is 13.1. The molecule has 7 heteroatoms. The lowest BCUT2D eigenvalue weighted by Gasteiger charge is -2.39. The van der Waals surface area contributed by atoms with E-state index in [0.29, 0.717) is 13.1 Å². The van der Waals surface area contributed by atoms with Gasteiger partial charge in [-0.15, -0.1) is 11.8 Å². The molecule has 2 aliphatic rings. The highest BCUT2D eigenvalue weighted by Crippen LogP contribution is 2.34. The zero-order valence-corrected chi connectivity index (χ0v) is 16.4. The van der Waals surface area contributed by atoms with Gasteiger partial charge in [-0.05, 0) is 26.0 Å². The summed E-state index contributed by atoms with van der Waals surface area (Å²) in [7, 11) is 0. The number of benzene rings is 1. The lowest BCUT2D eigenvalue weighted by atomic mass is 10.1. The zero-order chi connectivity index (χ0) is 18.5. The molecule has 0 bridgehead atoms. The Morgan fingerprint density at radius 3 is 2.62 bits per heavy atom. The number of hydrogen-bond acceptors (Lipinski definition) is 5. The second-order valence-corrected chi connectivity index (χ2v) is 7.88. The van der Waals surface area contributed by atoms with Gasteiger partial charge in [0.1, 0.15) is 0 Å². The molecule has 0 spiro atoms. The molecule has 0 aliphatic carbocycles. The first-order valence-electron chi connectivity index (χ1n) is 9.36. The molecule has 1 N–H and O–H groups in total. The Morgan fingerprint density at radius 1 is 1.15 bits per heavy atom. The fourth-order valence-corrected chi connectivity index (χ4v) is 4.54. The standard InChI is InChI=1S/C19H28N4O2S/c1-3-20-18(24)14-21-8-10-22(11-9-21)15(2)19(25)23-12-13-26-17-7-5-4-6-16(17)23/h4-7,15H,3,8-14H2,1-2H3,(H,20,24). The molecule has 2 aliphatic heterocycles. The number of anilines is 1. The van der Waals surface area contributed by atoms with Crippen LogP contribution in [-0.4, -0.2) is 79.2 Å². The van der Waals surface area contributed by atoms with Gasteiger partial charge in [0, 0.05) is 49.9 Å². The number of carbonyl (C=O) groups is 2. The highest BCUT2D eigenvalue weighted by molar-refractivity contribution is 7.99. The van der Waals surface area contributed by atoms with Crippen LogP contribution in [0.5, 0.6) is 0 Å². The number of rotatable bonds is 5. The summed E-state index contributed by atoms with van der Waals surface area (Å²) in [5, 5.41) is 2.84. The lowest BCUT2D eigenvalue weighted by Crippen LogP contribution is -2.56. The summed E-state index contributed by atoms with van der Waals surface area (Å²) in [6.07, 6.45) is 0. The number of thioether (sulfide) groups is 1. The van der Waals surface area contributed by atoms with Crippen LogP contribution in [0.3, 0.4) is 0 Å². The predicted octanol–water partition coefficient (Wildman–Crippen LogP) is 1.27. The maximum Gasteiger partial charge on any atom is 0.244 e. The topological polar surface area (TPSA) is 55.9 Å². The maximum atomic E-state index is 13.1. The van der Waals surface area contributed by atoms with Gasteiger partial charge in [0.25, 0.3) is 0 Å². The van der Waals surface area contributed by atoms with Crippen LogP contribution in [0.2, 0.25) is 0 Å². The molecule has 0 saturated carbocycles. The molecule has 6 nitrogen and oxygen atoms in total. The van der Waals surface area contributed by atoms with Gasteiger partial charge in [0.2, 0.25) is 11.8 Å². The van der Waals surface area contributed by atoms with Crippen LogP contribution in [-0.2, 0) is 9.59 Å². The second kappa shape index (κ2) is 8.88. The van der Waals surface area contributed by atoms with Crippen molar-refractivity contribution in [3.8, 4) is 0 Å². The molecule has 0 radical (unpaired) electrons. The molecule has 1 saturated heterocycles. The minimum Gasteiger partial charge on any atom is -0.355 e. The van der Waals surface area contributed by atoms with Gasteiger partial charge in [-0.3, -0.25) is 19.4 Å². The van der Waals surface area contributed by atoms with Gasteiger partial charge >= 0.3 is 0 Å². The van der Waals surface area contributed by atoms with Gasteiger partial charge in [-0.25, -0.2) is 0 Å². The molecule has 1 aromatic rings. The molecule has 142 valence electrons. The van der Waals surface area contributed by atoms with Crippen LogP contribution in [0, 0.1) is 0 Å². The van der Waals surface area contributed by atoms with Crippen molar-refractivity contribution < 1.29 is 9.59 Å². The van der Waals surface area contributed by atoms with Gasteiger partial charge in [-0.2, -0.15) is 0 Å². The van der Waals surface area contributed by atoms with Gasteiger partial charge in [0.15, 0.2) is 0 Å². The van der Waals surface area contributed by atoms with Crippen molar-refractivity contribution in [2.24, 2.45) is 0 Å². The number of fused-ring (bicyclic) bond motifs is 1. The van der Waals surface area contributed by atoms with E-state index in [2.05, 4.69) is 21.2 Å². The number of hydrogen-bond donors (Lipinski definition) is 1. The quantitative estimate of drug-likeness (QED) is 0.839. The smallest absolute Gasteiger partial charge is 0.244 e. The van der Waals surface area contributed by atoms with Crippen molar-refractivity contribution >= 4 is 29.3 Å². The molecule has 1 atom stereocenters. The number of amides is 2. The van der Waals surface area contributed by atoms with E-state index < -0.39 is 0 Å².